The van der Waals surface area contributed by atoms with Gasteiger partial charge in [-0.2, -0.15) is 16.4 Å². The SMILES string of the molecule is COc1cccc(C2CC(c3ccsc3)=NN2C(=O)CCC(=O)O)c1OC. The van der Waals surface area contributed by atoms with Crippen LogP contribution < -0.4 is 9.47 Å². The van der Waals surface area contributed by atoms with E-state index >= 15 is 0 Å². The van der Waals surface area contributed by atoms with Gasteiger partial charge in [-0.15, -0.1) is 0 Å². The molecular weight excluding hydrogens is 368 g/mol. The average molecular weight is 388 g/mol. The maximum atomic E-state index is 12.7. The molecule has 1 unspecified atom stereocenters. The van der Waals surface area contributed by atoms with E-state index < -0.39 is 5.97 Å². The Kier molecular flexibility index (Phi) is 5.75. The van der Waals surface area contributed by atoms with Crippen molar-refractivity contribution in [1.82, 2.24) is 5.01 Å². The molecule has 1 amide bonds. The van der Waals surface area contributed by atoms with E-state index in [1.54, 1.807) is 31.6 Å². The molecule has 1 aromatic heterocycles. The molecule has 0 spiro atoms. The van der Waals surface area contributed by atoms with Crippen LogP contribution in [-0.4, -0.2) is 41.9 Å². The van der Waals surface area contributed by atoms with Crippen LogP contribution in [0.25, 0.3) is 0 Å². The highest BCUT2D eigenvalue weighted by Crippen LogP contribution is 2.42. The van der Waals surface area contributed by atoms with Crippen molar-refractivity contribution in [3.63, 3.8) is 0 Å². The van der Waals surface area contributed by atoms with E-state index in [4.69, 9.17) is 14.6 Å². The summed E-state index contributed by atoms with van der Waals surface area (Å²) in [7, 11) is 3.10. The summed E-state index contributed by atoms with van der Waals surface area (Å²) in [5.41, 5.74) is 2.52. The smallest absolute Gasteiger partial charge is 0.303 e. The highest BCUT2D eigenvalue weighted by atomic mass is 32.1. The number of para-hydroxylation sites is 1. The molecule has 1 aliphatic heterocycles. The summed E-state index contributed by atoms with van der Waals surface area (Å²) < 4.78 is 10.9. The minimum atomic E-state index is -1.01. The Morgan fingerprint density at radius 3 is 2.70 bits per heavy atom. The fraction of sp³-hybridized carbons (Fsp3) is 0.316. The molecule has 0 fully saturated rings. The highest BCUT2D eigenvalue weighted by molar-refractivity contribution is 7.08. The maximum absolute atomic E-state index is 12.7. The second kappa shape index (κ2) is 8.22. The standard InChI is InChI=1S/C19H20N2O5S/c1-25-16-5-3-4-13(19(16)26-2)15-10-14(12-8-9-27-11-12)20-21(15)17(22)6-7-18(23)24/h3-5,8-9,11,15H,6-7,10H2,1-2H3,(H,23,24). The molecule has 0 saturated carbocycles. The van der Waals surface area contributed by atoms with Crippen molar-refractivity contribution in [2.24, 2.45) is 5.10 Å². The second-order valence-corrected chi connectivity index (χ2v) is 6.77. The summed E-state index contributed by atoms with van der Waals surface area (Å²) >= 11 is 1.55. The van der Waals surface area contributed by atoms with Gasteiger partial charge < -0.3 is 14.6 Å². The molecular formula is C19H20N2O5S. The van der Waals surface area contributed by atoms with Gasteiger partial charge in [-0.25, -0.2) is 5.01 Å². The maximum Gasteiger partial charge on any atom is 0.303 e. The lowest BCUT2D eigenvalue weighted by Gasteiger charge is -2.24. The number of amides is 1. The average Bonchev–Trinajstić information content (AvgIpc) is 3.34. The molecule has 0 saturated heterocycles. The molecule has 1 aliphatic rings. The molecule has 1 atom stereocenters. The van der Waals surface area contributed by atoms with Crippen molar-refractivity contribution in [3.8, 4) is 11.5 Å². The summed E-state index contributed by atoms with van der Waals surface area (Å²) in [6.45, 7) is 0. The molecule has 1 aromatic carbocycles. The van der Waals surface area contributed by atoms with Crippen LogP contribution in [0.1, 0.15) is 36.4 Å². The zero-order chi connectivity index (χ0) is 19.4. The van der Waals surface area contributed by atoms with Gasteiger partial charge in [0.1, 0.15) is 0 Å². The number of benzene rings is 1. The molecule has 27 heavy (non-hydrogen) atoms. The number of carboxylic acid groups (broad SMARTS) is 1. The van der Waals surface area contributed by atoms with Crippen LogP contribution in [0.3, 0.4) is 0 Å². The Morgan fingerprint density at radius 1 is 1.26 bits per heavy atom. The summed E-state index contributed by atoms with van der Waals surface area (Å²) in [5, 5.41) is 18.7. The van der Waals surface area contributed by atoms with Gasteiger partial charge in [-0.05, 0) is 22.9 Å². The third-order valence-corrected chi connectivity index (χ3v) is 5.05. The van der Waals surface area contributed by atoms with E-state index in [1.165, 1.54) is 5.01 Å². The van der Waals surface area contributed by atoms with Crippen molar-refractivity contribution >= 4 is 28.9 Å². The van der Waals surface area contributed by atoms with Crippen molar-refractivity contribution in [1.29, 1.82) is 0 Å². The monoisotopic (exact) mass is 388 g/mol. The molecule has 2 aromatic rings. The van der Waals surface area contributed by atoms with Crippen LogP contribution >= 0.6 is 11.3 Å². The quantitative estimate of drug-likeness (QED) is 0.786. The van der Waals surface area contributed by atoms with Gasteiger partial charge in [0, 0.05) is 24.0 Å². The van der Waals surface area contributed by atoms with E-state index in [1.807, 2.05) is 29.0 Å². The molecule has 1 N–H and O–H groups in total. The summed E-state index contributed by atoms with van der Waals surface area (Å²) in [6.07, 6.45) is 0.165. The first-order chi connectivity index (χ1) is 13.0. The number of hydrogen-bond acceptors (Lipinski definition) is 6. The van der Waals surface area contributed by atoms with E-state index in [2.05, 4.69) is 5.10 Å². The van der Waals surface area contributed by atoms with E-state index in [0.29, 0.717) is 17.9 Å². The van der Waals surface area contributed by atoms with E-state index in [0.717, 1.165) is 16.8 Å². The predicted octanol–water partition coefficient (Wildman–Crippen LogP) is 3.31. The number of nitrogens with zero attached hydrogens (tertiary/aromatic N) is 2. The van der Waals surface area contributed by atoms with Crippen LogP contribution in [0.15, 0.2) is 40.1 Å². The van der Waals surface area contributed by atoms with Gasteiger partial charge in [0.2, 0.25) is 5.91 Å². The Hall–Kier alpha value is -2.87. The number of carboxylic acids is 1. The van der Waals surface area contributed by atoms with Crippen molar-refractivity contribution in [2.75, 3.05) is 14.2 Å². The largest absolute Gasteiger partial charge is 0.493 e. The van der Waals surface area contributed by atoms with Gasteiger partial charge in [0.25, 0.3) is 0 Å². The molecule has 3 rings (SSSR count). The van der Waals surface area contributed by atoms with Crippen molar-refractivity contribution in [3.05, 3.63) is 46.2 Å². The third-order valence-electron chi connectivity index (χ3n) is 4.37. The lowest BCUT2D eigenvalue weighted by Crippen LogP contribution is -2.27. The first kappa shape index (κ1) is 18.9. The van der Waals surface area contributed by atoms with Crippen molar-refractivity contribution in [2.45, 2.75) is 25.3 Å². The number of thiophene rings is 1. The van der Waals surface area contributed by atoms with Gasteiger partial charge in [0.15, 0.2) is 11.5 Å². The minimum Gasteiger partial charge on any atom is -0.493 e. The van der Waals surface area contributed by atoms with Crippen LogP contribution in [0.2, 0.25) is 0 Å². The number of carbonyl (C=O) groups excluding carboxylic acids is 1. The third kappa shape index (κ3) is 3.95. The number of hydrogen-bond donors (Lipinski definition) is 1. The number of carbonyl (C=O) groups is 2. The predicted molar refractivity (Wildman–Crippen MR) is 101 cm³/mol. The number of hydrazone groups is 1. The van der Waals surface area contributed by atoms with E-state index in [9.17, 15) is 9.59 Å². The minimum absolute atomic E-state index is 0.113. The fourth-order valence-corrected chi connectivity index (χ4v) is 3.75. The Morgan fingerprint density at radius 2 is 2.07 bits per heavy atom. The molecule has 8 heteroatoms. The Bertz CT molecular complexity index is 863. The molecule has 0 aliphatic carbocycles. The van der Waals surface area contributed by atoms with Crippen molar-refractivity contribution < 1.29 is 24.2 Å². The van der Waals surface area contributed by atoms with Gasteiger partial charge in [-0.1, -0.05) is 12.1 Å². The zero-order valence-electron chi connectivity index (χ0n) is 15.0. The zero-order valence-corrected chi connectivity index (χ0v) is 15.9. The molecule has 0 radical (unpaired) electrons. The number of ether oxygens (including phenoxy) is 2. The first-order valence-corrected chi connectivity index (χ1v) is 9.34. The molecule has 142 valence electrons. The Balaban J connectivity index is 1.97. The van der Waals surface area contributed by atoms with Crippen LogP contribution in [0.4, 0.5) is 0 Å². The summed E-state index contributed by atoms with van der Waals surface area (Å²) in [4.78, 5) is 23.6. The van der Waals surface area contributed by atoms with Crippen LogP contribution in [0.5, 0.6) is 11.5 Å². The Labute approximate surface area is 160 Å². The number of rotatable bonds is 7. The molecule has 0 bridgehead atoms. The number of methoxy groups -OCH3 is 2. The fourth-order valence-electron chi connectivity index (χ4n) is 3.09. The lowest BCUT2D eigenvalue weighted by molar-refractivity contribution is -0.141. The second-order valence-electron chi connectivity index (χ2n) is 5.99. The van der Waals surface area contributed by atoms with E-state index in [-0.39, 0.29) is 24.8 Å². The van der Waals surface area contributed by atoms with Gasteiger partial charge in [0.05, 0.1) is 32.4 Å². The topological polar surface area (TPSA) is 88.4 Å². The summed E-state index contributed by atoms with van der Waals surface area (Å²) in [5.74, 6) is -0.239. The normalized spacial score (nSPS) is 16.1. The van der Waals surface area contributed by atoms with Gasteiger partial charge >= 0.3 is 5.97 Å². The number of aliphatic carboxylic acids is 1. The first-order valence-electron chi connectivity index (χ1n) is 8.40. The van der Waals surface area contributed by atoms with Crippen LogP contribution in [0, 0.1) is 0 Å². The molecule has 2 heterocycles. The highest BCUT2D eigenvalue weighted by Gasteiger charge is 2.35. The van der Waals surface area contributed by atoms with Crippen LogP contribution in [-0.2, 0) is 9.59 Å². The summed E-state index contributed by atoms with van der Waals surface area (Å²) in [6, 6.07) is 7.06. The lowest BCUT2D eigenvalue weighted by atomic mass is 9.98. The van der Waals surface area contributed by atoms with Gasteiger partial charge in [-0.3, -0.25) is 9.59 Å². The molecule has 7 nitrogen and oxygen atoms in total.